The molecule has 108 valence electrons. The first kappa shape index (κ1) is 17.8. The van der Waals surface area contributed by atoms with Crippen LogP contribution in [0.5, 0.6) is 0 Å². The largest absolute Gasteiger partial charge is 0.332 e. The average Bonchev–Trinajstić information content (AvgIpc) is 2.24. The zero-order chi connectivity index (χ0) is 13.9. The summed E-state index contributed by atoms with van der Waals surface area (Å²) in [7, 11) is -4.15. The molecule has 0 radical (unpaired) electrons. The van der Waals surface area contributed by atoms with E-state index in [2.05, 4.69) is 6.92 Å². The summed E-state index contributed by atoms with van der Waals surface area (Å²) in [5.41, 5.74) is 0. The molecule has 0 aliphatic rings. The Morgan fingerprint density at radius 3 is 1.78 bits per heavy atom. The molecule has 18 heavy (non-hydrogen) atoms. The fourth-order valence-corrected chi connectivity index (χ4v) is 2.56. The van der Waals surface area contributed by atoms with Crippen LogP contribution in [-0.4, -0.2) is 21.7 Å². The molecule has 0 saturated heterocycles. The van der Waals surface area contributed by atoms with E-state index in [0.29, 0.717) is 6.42 Å². The van der Waals surface area contributed by atoms with Crippen molar-refractivity contribution in [2.45, 2.75) is 71.1 Å². The third-order valence-corrected chi connectivity index (χ3v) is 3.71. The maximum Gasteiger partial charge on any atom is 0.332 e. The SMILES string of the molecule is CCCCCCCCCCCC(=O)CP(=O)(O)O. The summed E-state index contributed by atoms with van der Waals surface area (Å²) >= 11 is 0. The molecule has 0 rings (SSSR count). The highest BCUT2D eigenvalue weighted by atomic mass is 31.2. The van der Waals surface area contributed by atoms with E-state index in [1.54, 1.807) is 0 Å². The predicted octanol–water partition coefficient (Wildman–Crippen LogP) is 3.65. The summed E-state index contributed by atoms with van der Waals surface area (Å²) < 4.78 is 10.6. The van der Waals surface area contributed by atoms with Gasteiger partial charge >= 0.3 is 7.60 Å². The Morgan fingerprint density at radius 1 is 0.889 bits per heavy atom. The Balaban J connectivity index is 3.25. The van der Waals surface area contributed by atoms with Gasteiger partial charge in [0.05, 0.1) is 0 Å². The first-order valence-corrected chi connectivity index (χ1v) is 8.81. The molecule has 0 fully saturated rings. The second kappa shape index (κ2) is 10.7. The fraction of sp³-hybridized carbons (Fsp3) is 0.923. The average molecular weight is 278 g/mol. The van der Waals surface area contributed by atoms with Crippen molar-refractivity contribution >= 4 is 13.4 Å². The molecule has 0 amide bonds. The van der Waals surface area contributed by atoms with Crippen LogP contribution in [0.15, 0.2) is 0 Å². The number of unbranched alkanes of at least 4 members (excludes halogenated alkanes) is 8. The summed E-state index contributed by atoms with van der Waals surface area (Å²) in [6, 6.07) is 0. The number of carbonyl (C=O) groups excluding carboxylic acids is 1. The number of rotatable bonds is 12. The van der Waals surface area contributed by atoms with E-state index in [0.717, 1.165) is 19.3 Å². The summed E-state index contributed by atoms with van der Waals surface area (Å²) in [4.78, 5) is 28.4. The molecule has 5 heteroatoms. The lowest BCUT2D eigenvalue weighted by Crippen LogP contribution is -2.04. The molecule has 2 N–H and O–H groups in total. The van der Waals surface area contributed by atoms with Crippen LogP contribution in [-0.2, 0) is 9.36 Å². The highest BCUT2D eigenvalue weighted by Gasteiger charge is 2.17. The fourth-order valence-electron chi connectivity index (χ4n) is 1.94. The minimum Gasteiger partial charge on any atom is -0.324 e. The van der Waals surface area contributed by atoms with E-state index in [4.69, 9.17) is 9.79 Å². The molecule has 0 heterocycles. The van der Waals surface area contributed by atoms with Crippen molar-refractivity contribution in [1.82, 2.24) is 0 Å². The van der Waals surface area contributed by atoms with Gasteiger partial charge in [0.1, 0.15) is 11.9 Å². The highest BCUT2D eigenvalue weighted by Crippen LogP contribution is 2.34. The third-order valence-electron chi connectivity index (χ3n) is 2.94. The van der Waals surface area contributed by atoms with Crippen molar-refractivity contribution in [3.8, 4) is 0 Å². The van der Waals surface area contributed by atoms with Crippen LogP contribution in [0.3, 0.4) is 0 Å². The molecular formula is C13H27O4P. The highest BCUT2D eigenvalue weighted by molar-refractivity contribution is 7.52. The lowest BCUT2D eigenvalue weighted by atomic mass is 10.1. The predicted molar refractivity (Wildman–Crippen MR) is 73.8 cm³/mol. The minimum atomic E-state index is -4.15. The standard InChI is InChI=1S/C13H27O4P/c1-2-3-4-5-6-7-8-9-10-11-13(14)12-18(15,16)17/h2-12H2,1H3,(H2,15,16,17). The molecule has 4 nitrogen and oxygen atoms in total. The van der Waals surface area contributed by atoms with Crippen LogP contribution in [0.1, 0.15) is 71.1 Å². The second-order valence-electron chi connectivity index (χ2n) is 4.94. The van der Waals surface area contributed by atoms with Gasteiger partial charge in [0.2, 0.25) is 0 Å². The number of Topliss-reactive ketones (excluding diaryl/α,β-unsaturated/α-hetero) is 1. The van der Waals surface area contributed by atoms with Gasteiger partial charge in [-0.3, -0.25) is 9.36 Å². The van der Waals surface area contributed by atoms with Crippen LogP contribution < -0.4 is 0 Å². The van der Waals surface area contributed by atoms with Gasteiger partial charge in [0, 0.05) is 6.42 Å². The van der Waals surface area contributed by atoms with Gasteiger partial charge in [0.25, 0.3) is 0 Å². The monoisotopic (exact) mass is 278 g/mol. The normalized spacial score (nSPS) is 11.7. The Kier molecular flexibility index (Phi) is 10.6. The molecule has 0 bridgehead atoms. The van der Waals surface area contributed by atoms with Gasteiger partial charge in [-0.2, -0.15) is 0 Å². The summed E-state index contributed by atoms with van der Waals surface area (Å²) in [6.45, 7) is 2.20. The van der Waals surface area contributed by atoms with Gasteiger partial charge in [-0.25, -0.2) is 0 Å². The summed E-state index contributed by atoms with van der Waals surface area (Å²) in [5, 5.41) is 0. The van der Waals surface area contributed by atoms with Crippen molar-refractivity contribution in [2.75, 3.05) is 6.16 Å². The van der Waals surface area contributed by atoms with Crippen LogP contribution >= 0.6 is 7.60 Å². The molecule has 0 unspecified atom stereocenters. The molecule has 0 aromatic carbocycles. The zero-order valence-electron chi connectivity index (χ0n) is 11.4. The van der Waals surface area contributed by atoms with Crippen LogP contribution in [0.2, 0.25) is 0 Å². The Morgan fingerprint density at radius 2 is 1.33 bits per heavy atom. The molecular weight excluding hydrogens is 251 g/mol. The molecule has 0 spiro atoms. The first-order chi connectivity index (χ1) is 8.45. The van der Waals surface area contributed by atoms with Crippen molar-refractivity contribution in [1.29, 1.82) is 0 Å². The maximum atomic E-state index is 11.2. The van der Waals surface area contributed by atoms with E-state index in [1.165, 1.54) is 38.5 Å². The number of ketones is 1. The summed E-state index contributed by atoms with van der Waals surface area (Å²) in [6.07, 6.45) is 10.2. The smallest absolute Gasteiger partial charge is 0.324 e. The van der Waals surface area contributed by atoms with E-state index in [1.807, 2.05) is 0 Å². The lowest BCUT2D eigenvalue weighted by molar-refractivity contribution is -0.117. The van der Waals surface area contributed by atoms with Gasteiger partial charge in [-0.1, -0.05) is 58.3 Å². The van der Waals surface area contributed by atoms with Gasteiger partial charge in [-0.05, 0) is 6.42 Å². The van der Waals surface area contributed by atoms with Crippen LogP contribution in [0.4, 0.5) is 0 Å². The van der Waals surface area contributed by atoms with Crippen molar-refractivity contribution in [3.05, 3.63) is 0 Å². The topological polar surface area (TPSA) is 74.6 Å². The summed E-state index contributed by atoms with van der Waals surface area (Å²) in [5.74, 6) is -0.314. The number of hydrogen-bond donors (Lipinski definition) is 2. The van der Waals surface area contributed by atoms with Gasteiger partial charge in [0.15, 0.2) is 0 Å². The Hall–Kier alpha value is -0.180. The molecule has 0 aliphatic heterocycles. The maximum absolute atomic E-state index is 11.2. The molecule has 0 atom stereocenters. The Bertz CT molecular complexity index is 260. The van der Waals surface area contributed by atoms with Gasteiger partial charge in [-0.15, -0.1) is 0 Å². The van der Waals surface area contributed by atoms with E-state index in [9.17, 15) is 9.36 Å². The first-order valence-electron chi connectivity index (χ1n) is 7.02. The van der Waals surface area contributed by atoms with E-state index in [-0.39, 0.29) is 5.78 Å². The number of hydrogen-bond acceptors (Lipinski definition) is 2. The molecule has 0 aliphatic carbocycles. The third kappa shape index (κ3) is 13.9. The number of carbonyl (C=O) groups is 1. The quantitative estimate of drug-likeness (QED) is 0.422. The molecule has 0 aromatic heterocycles. The van der Waals surface area contributed by atoms with E-state index >= 15 is 0 Å². The van der Waals surface area contributed by atoms with Gasteiger partial charge < -0.3 is 9.79 Å². The second-order valence-corrected chi connectivity index (χ2v) is 6.59. The zero-order valence-corrected chi connectivity index (χ0v) is 12.3. The van der Waals surface area contributed by atoms with Crippen molar-refractivity contribution < 1.29 is 19.1 Å². The lowest BCUT2D eigenvalue weighted by Gasteiger charge is -2.03. The van der Waals surface area contributed by atoms with Crippen LogP contribution in [0.25, 0.3) is 0 Å². The minimum absolute atomic E-state index is 0.306. The molecule has 0 saturated carbocycles. The molecule has 0 aromatic rings. The van der Waals surface area contributed by atoms with Crippen molar-refractivity contribution in [2.24, 2.45) is 0 Å². The van der Waals surface area contributed by atoms with Crippen LogP contribution in [0, 0.1) is 0 Å². The van der Waals surface area contributed by atoms with Crippen molar-refractivity contribution in [3.63, 3.8) is 0 Å². The van der Waals surface area contributed by atoms with E-state index < -0.39 is 13.8 Å². The Labute approximate surface area is 110 Å².